The molecule has 24 heavy (non-hydrogen) atoms. The van der Waals surface area contributed by atoms with E-state index in [1.54, 1.807) is 13.2 Å². The molecule has 0 atom stereocenters. The lowest BCUT2D eigenvalue weighted by Crippen LogP contribution is -2.03. The molecule has 0 aliphatic carbocycles. The predicted molar refractivity (Wildman–Crippen MR) is 105 cm³/mol. The van der Waals surface area contributed by atoms with Crippen LogP contribution in [0.2, 0.25) is 0 Å². The van der Waals surface area contributed by atoms with Crippen molar-refractivity contribution in [2.24, 2.45) is 0 Å². The monoisotopic (exact) mass is 504 g/mol. The van der Waals surface area contributed by atoms with Crippen LogP contribution < -0.4 is 4.74 Å². The lowest BCUT2D eigenvalue weighted by Gasteiger charge is -2.10. The molecule has 0 saturated carbocycles. The first-order chi connectivity index (χ1) is 11.5. The maximum absolute atomic E-state index is 11.6. The number of ether oxygens (including phenoxy) is 3. The van der Waals surface area contributed by atoms with Crippen molar-refractivity contribution in [3.8, 4) is 5.75 Å². The van der Waals surface area contributed by atoms with Gasteiger partial charge in [-0.15, -0.1) is 0 Å². The summed E-state index contributed by atoms with van der Waals surface area (Å²) in [5, 5.41) is 0. The van der Waals surface area contributed by atoms with Crippen LogP contribution in [0.3, 0.4) is 0 Å². The first kappa shape index (κ1) is 19.2. The van der Waals surface area contributed by atoms with E-state index in [1.807, 2.05) is 30.3 Å². The first-order valence-corrected chi connectivity index (χ1v) is 9.19. The molecule has 4 nitrogen and oxygen atoms in total. The summed E-state index contributed by atoms with van der Waals surface area (Å²) in [7, 11) is 2.99. The Balaban J connectivity index is 2.09. The Hall–Kier alpha value is -1.12. The third kappa shape index (κ3) is 5.19. The summed E-state index contributed by atoms with van der Waals surface area (Å²) in [6, 6.07) is 11.5. The molecule has 0 N–H and O–H groups in total. The second kappa shape index (κ2) is 9.39. The van der Waals surface area contributed by atoms with Crippen LogP contribution in [0.5, 0.6) is 5.75 Å². The van der Waals surface area contributed by atoms with E-state index in [-0.39, 0.29) is 12.8 Å². The van der Waals surface area contributed by atoms with Gasteiger partial charge in [0.25, 0.3) is 0 Å². The van der Waals surface area contributed by atoms with Crippen LogP contribution >= 0.6 is 38.5 Å². The quantitative estimate of drug-likeness (QED) is 0.314. The van der Waals surface area contributed by atoms with E-state index in [0.717, 1.165) is 32.2 Å². The molecule has 0 amide bonds. The van der Waals surface area contributed by atoms with Crippen LogP contribution in [0, 0.1) is 3.57 Å². The number of esters is 1. The Labute approximate surface area is 163 Å². The van der Waals surface area contributed by atoms with Crippen molar-refractivity contribution in [3.05, 3.63) is 61.1 Å². The van der Waals surface area contributed by atoms with Crippen LogP contribution in [-0.4, -0.2) is 27.0 Å². The zero-order valence-corrected chi connectivity index (χ0v) is 17.2. The van der Waals surface area contributed by atoms with Gasteiger partial charge in [-0.3, -0.25) is 0 Å². The molecular weight excluding hydrogens is 487 g/mol. The molecule has 0 heterocycles. The van der Waals surface area contributed by atoms with Crippen molar-refractivity contribution in [1.82, 2.24) is 0 Å². The van der Waals surface area contributed by atoms with Gasteiger partial charge in [-0.2, -0.15) is 0 Å². The minimum Gasteiger partial charge on any atom is -0.468 e. The van der Waals surface area contributed by atoms with Gasteiger partial charge in [0.1, 0.15) is 5.75 Å². The zero-order chi connectivity index (χ0) is 17.5. The fourth-order valence-electron chi connectivity index (χ4n) is 2.22. The summed E-state index contributed by atoms with van der Waals surface area (Å²) in [6.45, 7) is 0.230. The highest BCUT2D eigenvalue weighted by Crippen LogP contribution is 2.25. The molecule has 0 spiro atoms. The molecule has 0 saturated heterocycles. The summed E-state index contributed by atoms with van der Waals surface area (Å²) in [6.07, 6.45) is 1.73. The van der Waals surface area contributed by atoms with E-state index in [4.69, 9.17) is 14.2 Å². The van der Waals surface area contributed by atoms with Gasteiger partial charge in [0.2, 0.25) is 0 Å². The highest BCUT2D eigenvalue weighted by Gasteiger charge is 2.10. The zero-order valence-electron chi connectivity index (χ0n) is 13.5. The third-order valence-corrected chi connectivity index (χ3v) is 5.28. The molecule has 0 aromatic heterocycles. The number of hydrogen-bond donors (Lipinski definition) is 0. The molecule has 0 aliphatic rings. The first-order valence-electron chi connectivity index (χ1n) is 7.32. The van der Waals surface area contributed by atoms with Gasteiger partial charge in [-0.05, 0) is 76.9 Å². The molecule has 128 valence electrons. The molecular formula is C18H18BrIO4. The Morgan fingerprint density at radius 2 is 1.83 bits per heavy atom. The van der Waals surface area contributed by atoms with Gasteiger partial charge in [-0.1, -0.05) is 22.0 Å². The molecule has 0 fully saturated rings. The van der Waals surface area contributed by atoms with Crippen molar-refractivity contribution >= 4 is 44.5 Å². The fourth-order valence-corrected chi connectivity index (χ4v) is 3.45. The van der Waals surface area contributed by atoms with E-state index < -0.39 is 0 Å². The molecule has 0 radical (unpaired) electrons. The van der Waals surface area contributed by atoms with E-state index in [2.05, 4.69) is 38.5 Å². The van der Waals surface area contributed by atoms with Crippen LogP contribution in [0.25, 0.3) is 0 Å². The number of benzene rings is 2. The lowest BCUT2D eigenvalue weighted by molar-refractivity contribution is 0.0510. The molecule has 0 bridgehead atoms. The Bertz CT molecular complexity index is 718. The number of methoxy groups -OCH3 is 2. The number of carbonyl (C=O) groups excluding carboxylic acids is 1. The minimum atomic E-state index is -0.315. The van der Waals surface area contributed by atoms with Gasteiger partial charge in [-0.25, -0.2) is 4.79 Å². The van der Waals surface area contributed by atoms with Gasteiger partial charge < -0.3 is 14.2 Å². The van der Waals surface area contributed by atoms with Gasteiger partial charge in [0.05, 0.1) is 12.7 Å². The second-order valence-corrected chi connectivity index (χ2v) is 7.12. The third-order valence-electron chi connectivity index (χ3n) is 3.50. The fraction of sp³-hybridized carbons (Fsp3) is 0.278. The number of rotatable bonds is 7. The van der Waals surface area contributed by atoms with Crippen molar-refractivity contribution in [2.45, 2.75) is 12.8 Å². The second-order valence-electron chi connectivity index (χ2n) is 5.10. The number of halogens is 2. The van der Waals surface area contributed by atoms with E-state index in [9.17, 15) is 4.79 Å². The Morgan fingerprint density at radius 1 is 1.08 bits per heavy atom. The van der Waals surface area contributed by atoms with Crippen LogP contribution in [0.4, 0.5) is 0 Å². The van der Waals surface area contributed by atoms with Gasteiger partial charge >= 0.3 is 5.97 Å². The van der Waals surface area contributed by atoms with E-state index in [0.29, 0.717) is 5.56 Å². The van der Waals surface area contributed by atoms with Crippen molar-refractivity contribution in [3.63, 3.8) is 0 Å². The highest BCUT2D eigenvalue weighted by molar-refractivity contribution is 14.1. The van der Waals surface area contributed by atoms with Crippen LogP contribution in [0.1, 0.15) is 21.5 Å². The summed E-state index contributed by atoms with van der Waals surface area (Å²) < 4.78 is 17.3. The van der Waals surface area contributed by atoms with Gasteiger partial charge in [0, 0.05) is 15.2 Å². The Kier molecular flexibility index (Phi) is 7.51. The number of hydrogen-bond acceptors (Lipinski definition) is 4. The summed E-state index contributed by atoms with van der Waals surface area (Å²) in [5.41, 5.74) is 2.93. The highest BCUT2D eigenvalue weighted by atomic mass is 127. The van der Waals surface area contributed by atoms with Crippen LogP contribution in [0.15, 0.2) is 40.9 Å². The van der Waals surface area contributed by atoms with E-state index >= 15 is 0 Å². The molecule has 2 aromatic rings. The van der Waals surface area contributed by atoms with E-state index in [1.165, 1.54) is 12.7 Å². The van der Waals surface area contributed by atoms with Crippen LogP contribution in [-0.2, 0) is 22.3 Å². The molecule has 2 rings (SSSR count). The summed E-state index contributed by atoms with van der Waals surface area (Å²) >= 11 is 5.83. The number of aryl methyl sites for hydroxylation is 2. The molecule has 2 aromatic carbocycles. The number of carbonyl (C=O) groups is 1. The van der Waals surface area contributed by atoms with Crippen molar-refractivity contribution in [2.75, 3.05) is 21.0 Å². The summed E-state index contributed by atoms with van der Waals surface area (Å²) in [4.78, 5) is 11.6. The SMILES string of the molecule is COCOc1ccc(Br)c(CCc2ccc(C(=O)OC)cc2I)c1. The lowest BCUT2D eigenvalue weighted by atomic mass is 10.0. The molecule has 0 aliphatic heterocycles. The molecule has 0 unspecified atom stereocenters. The standard InChI is InChI=1S/C18H18BrIO4/c1-22-11-24-15-7-8-16(19)13(9-15)5-3-12-4-6-14(10-17(12)20)18(21)23-2/h4,6-10H,3,5,11H2,1-2H3. The van der Waals surface area contributed by atoms with Gasteiger partial charge in [0.15, 0.2) is 6.79 Å². The molecule has 6 heteroatoms. The Morgan fingerprint density at radius 3 is 2.50 bits per heavy atom. The van der Waals surface area contributed by atoms with Crippen molar-refractivity contribution in [1.29, 1.82) is 0 Å². The largest absolute Gasteiger partial charge is 0.468 e. The topological polar surface area (TPSA) is 44.8 Å². The van der Waals surface area contributed by atoms with Crippen molar-refractivity contribution < 1.29 is 19.0 Å². The average Bonchev–Trinajstić information content (AvgIpc) is 2.59. The smallest absolute Gasteiger partial charge is 0.337 e. The maximum atomic E-state index is 11.6. The summed E-state index contributed by atoms with van der Waals surface area (Å²) in [5.74, 6) is 0.469. The normalized spacial score (nSPS) is 10.5. The average molecular weight is 505 g/mol. The predicted octanol–water partition coefficient (Wildman–Crippen LogP) is 4.61. The maximum Gasteiger partial charge on any atom is 0.337 e. The minimum absolute atomic E-state index is 0.230.